The molecule has 0 saturated carbocycles. The lowest BCUT2D eigenvalue weighted by atomic mass is 10.4. The van der Waals surface area contributed by atoms with E-state index in [1.54, 1.807) is 0 Å². The molecule has 0 aliphatic rings. The first kappa shape index (κ1) is 8.92. The average Bonchev–Trinajstić information content (AvgIpc) is 1.91. The summed E-state index contributed by atoms with van der Waals surface area (Å²) in [6.07, 6.45) is 0.904. The summed E-state index contributed by atoms with van der Waals surface area (Å²) in [5, 5.41) is 8.48. The molecule has 0 aliphatic carbocycles. The lowest BCUT2D eigenvalue weighted by Crippen LogP contribution is -2.30. The van der Waals surface area contributed by atoms with Crippen molar-refractivity contribution in [2.45, 2.75) is 20.3 Å². The van der Waals surface area contributed by atoms with Crippen LogP contribution in [0, 0.1) is 0 Å². The van der Waals surface area contributed by atoms with Crippen LogP contribution in [0.1, 0.15) is 20.3 Å². The molecule has 0 bridgehead atoms. The number of nitrogens with zero attached hydrogens (tertiary/aromatic N) is 1. The Morgan fingerprint density at radius 2 is 1.78 bits per heavy atom. The van der Waals surface area contributed by atoms with Crippen LogP contribution in [0.15, 0.2) is 0 Å². The van der Waals surface area contributed by atoms with Crippen LogP contribution in [0.3, 0.4) is 0 Å². The Labute approximate surface area is 57.5 Å². The van der Waals surface area contributed by atoms with Gasteiger partial charge >= 0.3 is 0 Å². The minimum Gasteiger partial charge on any atom is -0.396 e. The lowest BCUT2D eigenvalue weighted by molar-refractivity contribution is 0.272. The molecule has 1 N–H and O–H groups in total. The Hall–Kier alpha value is -0.0800. The van der Waals surface area contributed by atoms with E-state index >= 15 is 0 Å². The van der Waals surface area contributed by atoms with E-state index in [1.165, 1.54) is 0 Å². The van der Waals surface area contributed by atoms with Crippen LogP contribution in [0.2, 0.25) is 0 Å². The summed E-state index contributed by atoms with van der Waals surface area (Å²) < 4.78 is 0. The van der Waals surface area contributed by atoms with E-state index in [-0.39, 0.29) is 0 Å². The Kier molecular flexibility index (Phi) is 5.99. The summed E-state index contributed by atoms with van der Waals surface area (Å²) in [7, 11) is 0. The molecule has 2 heteroatoms. The molecular formula is C7H17NO+. The SMILES string of the molecule is CC[N+](CC)CCCO. The van der Waals surface area contributed by atoms with Crippen molar-refractivity contribution in [1.29, 1.82) is 0 Å². The molecule has 0 saturated heterocycles. The zero-order chi connectivity index (χ0) is 7.11. The summed E-state index contributed by atoms with van der Waals surface area (Å²) in [5.41, 5.74) is 0. The van der Waals surface area contributed by atoms with Crippen molar-refractivity contribution in [2.24, 2.45) is 0 Å². The van der Waals surface area contributed by atoms with E-state index in [4.69, 9.17) is 5.11 Å². The Morgan fingerprint density at radius 1 is 1.22 bits per heavy atom. The van der Waals surface area contributed by atoms with Gasteiger partial charge in [-0.15, -0.1) is 0 Å². The Balaban J connectivity index is 3.09. The third-order valence-electron chi connectivity index (χ3n) is 1.53. The van der Waals surface area contributed by atoms with Crippen LogP contribution < -0.4 is 4.90 Å². The first-order chi connectivity index (χ1) is 4.35. The van der Waals surface area contributed by atoms with E-state index in [2.05, 4.69) is 18.7 Å². The van der Waals surface area contributed by atoms with Gasteiger partial charge < -0.3 is 5.11 Å². The maximum atomic E-state index is 8.48. The van der Waals surface area contributed by atoms with Crippen molar-refractivity contribution < 1.29 is 5.11 Å². The van der Waals surface area contributed by atoms with Crippen LogP contribution in [0.5, 0.6) is 0 Å². The van der Waals surface area contributed by atoms with Crippen LogP contribution in [-0.2, 0) is 0 Å². The summed E-state index contributed by atoms with van der Waals surface area (Å²) in [6.45, 7) is 7.81. The van der Waals surface area contributed by atoms with Gasteiger partial charge in [0, 0.05) is 13.0 Å². The third-order valence-corrected chi connectivity index (χ3v) is 1.53. The van der Waals surface area contributed by atoms with E-state index in [0.717, 1.165) is 26.1 Å². The monoisotopic (exact) mass is 131 g/mol. The number of aliphatic hydroxyl groups is 1. The summed E-state index contributed by atoms with van der Waals surface area (Å²) in [6, 6.07) is 0. The number of hydrogen-bond donors (Lipinski definition) is 1. The maximum Gasteiger partial charge on any atom is 0.125 e. The van der Waals surface area contributed by atoms with Gasteiger partial charge in [-0.3, -0.25) is 0 Å². The van der Waals surface area contributed by atoms with Gasteiger partial charge in [0.05, 0.1) is 0 Å². The molecule has 0 rings (SSSR count). The summed E-state index contributed by atoms with van der Waals surface area (Å²) in [4.78, 5) is 2.30. The molecule has 0 aromatic heterocycles. The Morgan fingerprint density at radius 3 is 2.11 bits per heavy atom. The standard InChI is InChI=1S/C7H17NO/c1-3-8(4-2)6-5-7-9/h9H,3-7H2,1-2H3/q+1. The van der Waals surface area contributed by atoms with Gasteiger partial charge in [-0.2, -0.15) is 4.90 Å². The van der Waals surface area contributed by atoms with Gasteiger partial charge in [0.25, 0.3) is 0 Å². The van der Waals surface area contributed by atoms with Crippen molar-refractivity contribution in [3.8, 4) is 0 Å². The first-order valence-corrected chi connectivity index (χ1v) is 3.68. The molecule has 0 fully saturated rings. The first-order valence-electron chi connectivity index (χ1n) is 3.68. The van der Waals surface area contributed by atoms with Crippen molar-refractivity contribution in [2.75, 3.05) is 26.2 Å². The summed E-state index contributed by atoms with van der Waals surface area (Å²) >= 11 is 0. The van der Waals surface area contributed by atoms with E-state index in [9.17, 15) is 0 Å². The normalized spacial score (nSPS) is 10.7. The smallest absolute Gasteiger partial charge is 0.125 e. The molecule has 0 unspecified atom stereocenters. The van der Waals surface area contributed by atoms with Crippen LogP contribution >= 0.6 is 0 Å². The molecule has 2 nitrogen and oxygen atoms in total. The molecule has 9 heavy (non-hydrogen) atoms. The van der Waals surface area contributed by atoms with Crippen molar-refractivity contribution in [1.82, 2.24) is 4.90 Å². The van der Waals surface area contributed by atoms with Gasteiger partial charge in [0.2, 0.25) is 0 Å². The molecule has 0 aromatic carbocycles. The maximum absolute atomic E-state index is 8.48. The molecule has 0 amide bonds. The molecule has 0 heterocycles. The van der Waals surface area contributed by atoms with E-state index in [0.29, 0.717) is 6.61 Å². The number of hydrogen-bond acceptors (Lipinski definition) is 2. The van der Waals surface area contributed by atoms with Gasteiger partial charge in [-0.25, -0.2) is 0 Å². The molecule has 0 aliphatic heterocycles. The molecule has 0 atom stereocenters. The molecular weight excluding hydrogens is 114 g/mol. The average molecular weight is 131 g/mol. The molecule has 1 radical (unpaired) electrons. The Bertz CT molecular complexity index is 52.9. The second kappa shape index (κ2) is 6.05. The van der Waals surface area contributed by atoms with Gasteiger partial charge in [-0.1, -0.05) is 0 Å². The third kappa shape index (κ3) is 4.43. The molecule has 0 aromatic rings. The van der Waals surface area contributed by atoms with E-state index in [1.807, 2.05) is 0 Å². The van der Waals surface area contributed by atoms with Crippen LogP contribution in [0.25, 0.3) is 0 Å². The fourth-order valence-corrected chi connectivity index (χ4v) is 0.834. The minimum atomic E-state index is 0.316. The highest BCUT2D eigenvalue weighted by atomic mass is 16.3. The van der Waals surface area contributed by atoms with Crippen molar-refractivity contribution in [3.63, 3.8) is 0 Å². The van der Waals surface area contributed by atoms with Gasteiger partial charge in [-0.05, 0) is 13.8 Å². The minimum absolute atomic E-state index is 0.316. The van der Waals surface area contributed by atoms with E-state index < -0.39 is 0 Å². The predicted molar refractivity (Wildman–Crippen MR) is 39.8 cm³/mol. The molecule has 55 valence electrons. The summed E-state index contributed by atoms with van der Waals surface area (Å²) in [5.74, 6) is 0. The van der Waals surface area contributed by atoms with Crippen molar-refractivity contribution >= 4 is 0 Å². The van der Waals surface area contributed by atoms with Crippen molar-refractivity contribution in [3.05, 3.63) is 0 Å². The predicted octanol–water partition coefficient (Wildman–Crippen LogP) is 0.549. The largest absolute Gasteiger partial charge is 0.396 e. The topological polar surface area (TPSA) is 26.1 Å². The zero-order valence-electron chi connectivity index (χ0n) is 6.43. The van der Waals surface area contributed by atoms with Crippen LogP contribution in [0.4, 0.5) is 0 Å². The quantitative estimate of drug-likeness (QED) is 0.542. The fraction of sp³-hybridized carbons (Fsp3) is 1.00. The number of rotatable bonds is 5. The lowest BCUT2D eigenvalue weighted by Gasteiger charge is -2.05. The highest BCUT2D eigenvalue weighted by molar-refractivity contribution is 4.56. The second-order valence-electron chi connectivity index (χ2n) is 2.10. The highest BCUT2D eigenvalue weighted by Crippen LogP contribution is 1.84. The second-order valence-corrected chi connectivity index (χ2v) is 2.10. The highest BCUT2D eigenvalue weighted by Gasteiger charge is 2.05. The van der Waals surface area contributed by atoms with Gasteiger partial charge in [0.1, 0.15) is 19.6 Å². The van der Waals surface area contributed by atoms with Gasteiger partial charge in [0.15, 0.2) is 0 Å². The zero-order valence-corrected chi connectivity index (χ0v) is 6.43. The number of aliphatic hydroxyl groups excluding tert-OH is 1. The van der Waals surface area contributed by atoms with Crippen LogP contribution in [-0.4, -0.2) is 31.3 Å². The fourth-order valence-electron chi connectivity index (χ4n) is 0.834. The molecule has 0 spiro atoms.